The monoisotopic (exact) mass is 542 g/mol. The number of aliphatic hydroxyl groups is 1. The minimum atomic E-state index is -4.78. The van der Waals surface area contributed by atoms with Crippen molar-refractivity contribution >= 4 is 17.4 Å². The van der Waals surface area contributed by atoms with Crippen molar-refractivity contribution < 1.29 is 32.5 Å². The van der Waals surface area contributed by atoms with E-state index < -0.39 is 23.8 Å². The van der Waals surface area contributed by atoms with E-state index in [2.05, 4.69) is 20.6 Å². The molecule has 8 nitrogen and oxygen atoms in total. The van der Waals surface area contributed by atoms with E-state index >= 15 is 0 Å². The van der Waals surface area contributed by atoms with Crippen molar-refractivity contribution in [2.45, 2.75) is 63.4 Å². The number of rotatable bonds is 8. The summed E-state index contributed by atoms with van der Waals surface area (Å²) < 4.78 is 52.4. The van der Waals surface area contributed by atoms with Gasteiger partial charge in [-0.05, 0) is 48.6 Å². The number of aliphatic hydroxyl groups excluding tert-OH is 1. The highest BCUT2D eigenvalue weighted by atomic mass is 19.4. The molecule has 1 fully saturated rings. The number of halogens is 3. The van der Waals surface area contributed by atoms with Crippen molar-refractivity contribution in [3.8, 4) is 17.4 Å². The lowest BCUT2D eigenvalue weighted by Gasteiger charge is -2.26. The molecular weight excluding hydrogens is 513 g/mol. The van der Waals surface area contributed by atoms with Gasteiger partial charge in [0.15, 0.2) is 5.78 Å². The standard InChI is InChI=1S/C28H29F3N4O4/c1-38-23-14-17(25(37)33-18-7-3-2-4-8-18)10-12-20(23)34-27-32-15-19(28(29,30)31)26(35-27)39-22-9-5-6-16-11-13-21(36)24(16)22/h5-6,9-10,12,14-15,18,25,33,37H,2-4,7-8,11,13H2,1H3,(H,32,34,35). The number of benzene rings is 2. The predicted molar refractivity (Wildman–Crippen MR) is 137 cm³/mol. The van der Waals surface area contributed by atoms with Crippen LogP contribution in [-0.4, -0.2) is 34.0 Å². The van der Waals surface area contributed by atoms with Gasteiger partial charge in [0.2, 0.25) is 11.8 Å². The van der Waals surface area contributed by atoms with E-state index in [-0.39, 0.29) is 35.5 Å². The van der Waals surface area contributed by atoms with Crippen molar-refractivity contribution in [3.05, 3.63) is 64.8 Å². The summed E-state index contributed by atoms with van der Waals surface area (Å²) in [7, 11) is 1.44. The van der Waals surface area contributed by atoms with Crippen LogP contribution < -0.4 is 20.1 Å². The Morgan fingerprint density at radius 1 is 1.08 bits per heavy atom. The number of anilines is 2. The maximum atomic E-state index is 13.8. The van der Waals surface area contributed by atoms with Crippen LogP contribution in [0.1, 0.15) is 71.8 Å². The number of carbonyl (C=O) groups excluding carboxylic acids is 1. The summed E-state index contributed by atoms with van der Waals surface area (Å²) in [6.45, 7) is 0. The van der Waals surface area contributed by atoms with Gasteiger partial charge in [-0.1, -0.05) is 37.5 Å². The average molecular weight is 543 g/mol. The van der Waals surface area contributed by atoms with Gasteiger partial charge in [0.05, 0.1) is 18.4 Å². The lowest BCUT2D eigenvalue weighted by Crippen LogP contribution is -2.34. The molecule has 0 aliphatic heterocycles. The fraction of sp³-hybridized carbons (Fsp3) is 0.393. The molecular formula is C28H29F3N4O4. The smallest absolute Gasteiger partial charge is 0.423 e. The Bertz CT molecular complexity index is 1360. The van der Waals surface area contributed by atoms with Crippen LogP contribution in [0.2, 0.25) is 0 Å². The lowest BCUT2D eigenvalue weighted by atomic mass is 9.95. The second-order valence-electron chi connectivity index (χ2n) is 9.71. The van der Waals surface area contributed by atoms with Gasteiger partial charge in [0.1, 0.15) is 23.3 Å². The fourth-order valence-corrected chi connectivity index (χ4v) is 5.05. The van der Waals surface area contributed by atoms with E-state index in [0.717, 1.165) is 31.2 Å². The van der Waals surface area contributed by atoms with Crippen molar-refractivity contribution in [1.29, 1.82) is 0 Å². The van der Waals surface area contributed by atoms with Crippen LogP contribution >= 0.6 is 0 Å². The molecule has 2 aliphatic carbocycles. The number of aryl methyl sites for hydroxylation is 1. The number of hydrogen-bond acceptors (Lipinski definition) is 8. The number of ketones is 1. The first-order valence-electron chi connectivity index (χ1n) is 12.9. The van der Waals surface area contributed by atoms with E-state index in [1.54, 1.807) is 30.3 Å². The Labute approximate surface area is 223 Å². The molecule has 39 heavy (non-hydrogen) atoms. The average Bonchev–Trinajstić information content (AvgIpc) is 3.30. The van der Waals surface area contributed by atoms with E-state index in [9.17, 15) is 23.1 Å². The van der Waals surface area contributed by atoms with E-state index in [0.29, 0.717) is 29.6 Å². The Morgan fingerprint density at radius 3 is 2.62 bits per heavy atom. The number of nitrogens with one attached hydrogen (secondary N) is 2. The van der Waals surface area contributed by atoms with Crippen LogP contribution in [0, 0.1) is 0 Å². The van der Waals surface area contributed by atoms with Crippen molar-refractivity contribution in [2.75, 3.05) is 12.4 Å². The van der Waals surface area contributed by atoms with Crippen molar-refractivity contribution in [2.24, 2.45) is 0 Å². The predicted octanol–water partition coefficient (Wildman–Crippen LogP) is 6.08. The highest BCUT2D eigenvalue weighted by Gasteiger charge is 2.37. The van der Waals surface area contributed by atoms with Crippen LogP contribution in [0.4, 0.5) is 24.8 Å². The lowest BCUT2D eigenvalue weighted by molar-refractivity contribution is -0.139. The van der Waals surface area contributed by atoms with Crippen LogP contribution in [0.15, 0.2) is 42.6 Å². The number of Topliss-reactive ketones (excluding diaryl/α,β-unsaturated/α-hetero) is 1. The quantitative estimate of drug-likeness (QED) is 0.294. The summed E-state index contributed by atoms with van der Waals surface area (Å²) in [5, 5.41) is 16.8. The van der Waals surface area contributed by atoms with Gasteiger partial charge < -0.3 is 19.9 Å². The summed E-state index contributed by atoms with van der Waals surface area (Å²) in [6, 6.07) is 10.0. The fourth-order valence-electron chi connectivity index (χ4n) is 5.05. The number of hydrogen-bond donors (Lipinski definition) is 3. The molecule has 1 heterocycles. The Morgan fingerprint density at radius 2 is 1.87 bits per heavy atom. The molecule has 11 heteroatoms. The van der Waals surface area contributed by atoms with Gasteiger partial charge in [0.25, 0.3) is 0 Å². The van der Waals surface area contributed by atoms with Gasteiger partial charge in [-0.2, -0.15) is 18.2 Å². The van der Waals surface area contributed by atoms with E-state index in [1.807, 2.05) is 0 Å². The Balaban J connectivity index is 1.40. The first kappa shape index (κ1) is 26.9. The summed E-state index contributed by atoms with van der Waals surface area (Å²) in [5.74, 6) is -0.716. The number of aromatic nitrogens is 2. The van der Waals surface area contributed by atoms with Crippen LogP contribution in [0.3, 0.4) is 0 Å². The normalized spacial score (nSPS) is 16.6. The molecule has 0 radical (unpaired) electrons. The van der Waals surface area contributed by atoms with Crippen LogP contribution in [0.25, 0.3) is 0 Å². The van der Waals surface area contributed by atoms with Gasteiger partial charge in [-0.3, -0.25) is 10.1 Å². The maximum absolute atomic E-state index is 13.8. The van der Waals surface area contributed by atoms with Crippen LogP contribution in [-0.2, 0) is 12.6 Å². The zero-order valence-corrected chi connectivity index (χ0v) is 21.3. The Kier molecular flexibility index (Phi) is 7.72. The molecule has 0 amide bonds. The number of alkyl halides is 3. The molecule has 1 aromatic heterocycles. The minimum absolute atomic E-state index is 0.0199. The summed E-state index contributed by atoms with van der Waals surface area (Å²) in [6.07, 6.45) is 1.20. The third kappa shape index (κ3) is 5.99. The second kappa shape index (κ2) is 11.2. The van der Waals surface area contributed by atoms with Crippen molar-refractivity contribution in [3.63, 3.8) is 0 Å². The number of ether oxygens (including phenoxy) is 2. The van der Waals surface area contributed by atoms with E-state index in [1.165, 1.54) is 19.6 Å². The molecule has 2 aromatic carbocycles. The molecule has 1 atom stereocenters. The molecule has 1 saturated carbocycles. The van der Waals surface area contributed by atoms with E-state index in [4.69, 9.17) is 9.47 Å². The van der Waals surface area contributed by atoms with Gasteiger partial charge in [-0.15, -0.1) is 0 Å². The first-order valence-corrected chi connectivity index (χ1v) is 12.9. The largest absolute Gasteiger partial charge is 0.495 e. The number of methoxy groups -OCH3 is 1. The first-order chi connectivity index (χ1) is 18.7. The van der Waals surface area contributed by atoms with Gasteiger partial charge >= 0.3 is 6.18 Å². The maximum Gasteiger partial charge on any atom is 0.423 e. The zero-order valence-electron chi connectivity index (χ0n) is 21.3. The van der Waals surface area contributed by atoms with Crippen molar-refractivity contribution in [1.82, 2.24) is 15.3 Å². The molecule has 3 N–H and O–H groups in total. The molecule has 1 unspecified atom stereocenters. The molecule has 5 rings (SSSR count). The number of carbonyl (C=O) groups is 1. The minimum Gasteiger partial charge on any atom is -0.495 e. The summed E-state index contributed by atoms with van der Waals surface area (Å²) in [4.78, 5) is 20.2. The molecule has 206 valence electrons. The third-order valence-corrected chi connectivity index (χ3v) is 7.07. The van der Waals surface area contributed by atoms with Crippen LogP contribution in [0.5, 0.6) is 17.4 Å². The number of nitrogens with zero attached hydrogens (tertiary/aromatic N) is 2. The summed E-state index contributed by atoms with van der Waals surface area (Å²) >= 11 is 0. The zero-order chi connectivity index (χ0) is 27.6. The number of fused-ring (bicyclic) bond motifs is 1. The van der Waals surface area contributed by atoms with Gasteiger partial charge in [-0.25, -0.2) is 4.98 Å². The molecule has 2 aliphatic rings. The molecule has 0 saturated heterocycles. The highest BCUT2D eigenvalue weighted by molar-refractivity contribution is 6.03. The topological polar surface area (TPSA) is 106 Å². The highest BCUT2D eigenvalue weighted by Crippen LogP contribution is 2.40. The molecule has 0 bridgehead atoms. The summed E-state index contributed by atoms with van der Waals surface area (Å²) in [5.41, 5.74) is 0.797. The second-order valence-corrected chi connectivity index (χ2v) is 9.71. The SMILES string of the molecule is COc1cc(C(O)NC2CCCCC2)ccc1Nc1ncc(C(F)(F)F)c(Oc2cccc3c2C(=O)CC3)n1. The Hall–Kier alpha value is -3.70. The van der Waals surface area contributed by atoms with Gasteiger partial charge in [0, 0.05) is 18.7 Å². The molecule has 3 aromatic rings. The molecule has 0 spiro atoms. The third-order valence-electron chi connectivity index (χ3n) is 7.07.